The third-order valence-electron chi connectivity index (χ3n) is 0. The van der Waals surface area contributed by atoms with Crippen molar-refractivity contribution in [2.24, 2.45) is 0 Å². The summed E-state index contributed by atoms with van der Waals surface area (Å²) in [6.45, 7) is 0. The molecule has 0 amide bonds. The topological polar surface area (TPSA) is 74.6 Å². The van der Waals surface area contributed by atoms with Crippen molar-refractivity contribution in [1.29, 1.82) is 0 Å². The molecule has 0 rings (SSSR count). The fourth-order valence-corrected chi connectivity index (χ4v) is 0. The van der Waals surface area contributed by atoms with E-state index in [0.29, 0.717) is 0 Å². The quantitative estimate of drug-likeness (QED) is 0.278. The van der Waals surface area contributed by atoms with Gasteiger partial charge in [-0.25, -0.2) is 0 Å². The Morgan fingerprint density at radius 3 is 1.14 bits per heavy atom. The van der Waals surface area contributed by atoms with E-state index in [2.05, 4.69) is 0 Å². The minimum Gasteiger partial charge on any atom is -0.264 e. The molecule has 36 valence electrons. The van der Waals surface area contributed by atoms with Crippen LogP contribution in [0.15, 0.2) is 0 Å². The van der Waals surface area contributed by atoms with Gasteiger partial charge in [0.05, 0.1) is 0 Å². The molecule has 7 heteroatoms. The van der Waals surface area contributed by atoms with Gasteiger partial charge in [0.1, 0.15) is 0 Å². The fraction of sp³-hybridized carbons (Fsp3) is 0. The molecule has 0 heterocycles. The van der Waals surface area contributed by atoms with Crippen molar-refractivity contribution in [2.45, 2.75) is 0 Å². The summed E-state index contributed by atoms with van der Waals surface area (Å²) in [4.78, 5) is 0. The summed E-state index contributed by atoms with van der Waals surface area (Å²) in [6.07, 6.45) is 0. The summed E-state index contributed by atoms with van der Waals surface area (Å²) in [5.74, 6) is 0. The Morgan fingerprint density at radius 1 is 1.14 bits per heavy atom. The summed E-state index contributed by atoms with van der Waals surface area (Å²) < 4.78 is 31.6. The number of hydrogen-bond donors (Lipinski definition) is 2. The fourth-order valence-electron chi connectivity index (χ4n) is 0. The van der Waals surface area contributed by atoms with Crippen LogP contribution >= 0.6 is 0 Å². The number of hydrogen-bond acceptors (Lipinski definition) is 2. The predicted octanol–water partition coefficient (Wildman–Crippen LogP) is -3.65. The smallest absolute Gasteiger partial charge is 0.264 e. The zero-order valence-corrected chi connectivity index (χ0v) is 7.16. The molecule has 4 nitrogen and oxygen atoms in total. The maximum Gasteiger partial charge on any atom is 2.00 e. The molecule has 0 aliphatic rings. The Morgan fingerprint density at radius 2 is 1.14 bits per heavy atom. The van der Waals surface area contributed by atoms with E-state index in [9.17, 15) is 0 Å². The molecule has 0 aliphatic heterocycles. The van der Waals surface area contributed by atoms with Gasteiger partial charge in [0.25, 0.3) is 0 Å². The molecular formula is H2NaO4S2+3. The van der Waals surface area contributed by atoms with Crippen LogP contribution in [-0.4, -0.2) is 17.5 Å². The molecule has 0 aromatic carbocycles. The average Bonchev–Trinajstić information content (AvgIpc) is 0.722. The van der Waals surface area contributed by atoms with Gasteiger partial charge in [0.2, 0.25) is 0 Å². The second kappa shape index (κ2) is 5.36. The van der Waals surface area contributed by atoms with E-state index in [1.54, 1.807) is 0 Å². The van der Waals surface area contributed by atoms with Crippen LogP contribution in [0.1, 0.15) is 0 Å². The second-order valence-electron chi connectivity index (χ2n) is 0.448. The summed E-state index contributed by atoms with van der Waals surface area (Å²) in [5.41, 5.74) is 0. The van der Waals surface area contributed by atoms with E-state index in [1.165, 1.54) is 0 Å². The average molecular weight is 153 g/mol. The maximum atomic E-state index is 8.74. The van der Waals surface area contributed by atoms with Crippen LogP contribution in [0.25, 0.3) is 0 Å². The zero-order valence-electron chi connectivity index (χ0n) is 3.53. The van der Waals surface area contributed by atoms with Crippen LogP contribution in [0.4, 0.5) is 0 Å². The third-order valence-corrected chi connectivity index (χ3v) is 0. The van der Waals surface area contributed by atoms with Crippen molar-refractivity contribution >= 4 is 23.9 Å². The molecule has 0 aliphatic carbocycles. The van der Waals surface area contributed by atoms with E-state index < -0.39 is 10.4 Å². The van der Waals surface area contributed by atoms with Crippen LogP contribution < -0.4 is 29.6 Å². The molecule has 0 unspecified atom stereocenters. The van der Waals surface area contributed by atoms with Crippen LogP contribution in [0.3, 0.4) is 0 Å². The first-order valence-corrected chi connectivity index (χ1v) is 2.10. The minimum atomic E-state index is -4.67. The second-order valence-corrected chi connectivity index (χ2v) is 1.34. The van der Waals surface area contributed by atoms with Gasteiger partial charge in [0, 0.05) is 0 Å². The summed E-state index contributed by atoms with van der Waals surface area (Å²) in [5, 5.41) is 0. The Hall–Kier alpha value is 1.22. The van der Waals surface area contributed by atoms with Crippen LogP contribution in [0, 0.1) is 0 Å². The summed E-state index contributed by atoms with van der Waals surface area (Å²) in [6, 6.07) is 0. The van der Waals surface area contributed by atoms with Crippen molar-refractivity contribution in [2.75, 3.05) is 0 Å². The Balaban J connectivity index is -0.0000000800. The van der Waals surface area contributed by atoms with Gasteiger partial charge >= 0.3 is 53.5 Å². The standard InChI is InChI=1S/Na.H2O4S.S/c;1-5(2,3)4;/h;(H2,1,2,3,4);/q+1;;+2. The Bertz CT molecular complexity index is 92.9. The monoisotopic (exact) mass is 153 g/mol. The largest absolute Gasteiger partial charge is 2.00 e. The van der Waals surface area contributed by atoms with Crippen molar-refractivity contribution in [1.82, 2.24) is 0 Å². The molecule has 2 N–H and O–H groups in total. The minimum absolute atomic E-state index is 0. The first-order chi connectivity index (χ1) is 2.00. The SMILES string of the molecule is O=S(=O)(O)O.[Na+].[S+2]. The van der Waals surface area contributed by atoms with Gasteiger partial charge in [-0.1, -0.05) is 0 Å². The van der Waals surface area contributed by atoms with Gasteiger partial charge in [-0.05, 0) is 0 Å². The molecular weight excluding hydrogens is 151 g/mol. The molecule has 0 fully saturated rings. The van der Waals surface area contributed by atoms with Gasteiger partial charge in [-0.2, -0.15) is 8.42 Å². The third kappa shape index (κ3) is 132. The normalized spacial score (nSPS) is 8.29. The number of rotatable bonds is 0. The maximum absolute atomic E-state index is 8.74. The van der Waals surface area contributed by atoms with Crippen LogP contribution in [0.5, 0.6) is 0 Å². The van der Waals surface area contributed by atoms with E-state index in [1.807, 2.05) is 0 Å². The first-order valence-electron chi connectivity index (χ1n) is 0.698. The molecule has 0 saturated heterocycles. The molecule has 0 atom stereocenters. The van der Waals surface area contributed by atoms with Crippen molar-refractivity contribution in [3.63, 3.8) is 0 Å². The van der Waals surface area contributed by atoms with Crippen molar-refractivity contribution in [3.8, 4) is 0 Å². The van der Waals surface area contributed by atoms with E-state index >= 15 is 0 Å². The molecule has 0 spiro atoms. The zero-order chi connectivity index (χ0) is 4.50. The van der Waals surface area contributed by atoms with E-state index in [-0.39, 0.29) is 43.1 Å². The predicted molar refractivity (Wildman–Crippen MR) is 21.5 cm³/mol. The summed E-state index contributed by atoms with van der Waals surface area (Å²) >= 11 is 0. The van der Waals surface area contributed by atoms with Gasteiger partial charge in [0.15, 0.2) is 0 Å². The van der Waals surface area contributed by atoms with Crippen molar-refractivity contribution < 1.29 is 47.1 Å². The van der Waals surface area contributed by atoms with Crippen LogP contribution in [-0.2, 0) is 23.9 Å². The first kappa shape index (κ1) is 15.7. The van der Waals surface area contributed by atoms with E-state index in [0.717, 1.165) is 0 Å². The summed E-state index contributed by atoms with van der Waals surface area (Å²) in [7, 11) is -4.67. The molecule has 4 radical (unpaired) electrons. The molecule has 0 aromatic heterocycles. The Labute approximate surface area is 70.6 Å². The van der Waals surface area contributed by atoms with Gasteiger partial charge in [-0.3, -0.25) is 9.11 Å². The molecule has 0 bridgehead atoms. The molecule has 7 heavy (non-hydrogen) atoms. The van der Waals surface area contributed by atoms with Crippen molar-refractivity contribution in [3.05, 3.63) is 0 Å². The Kier molecular flexibility index (Phi) is 12.0. The van der Waals surface area contributed by atoms with E-state index in [4.69, 9.17) is 17.5 Å². The van der Waals surface area contributed by atoms with Gasteiger partial charge in [-0.15, -0.1) is 0 Å². The molecule has 0 saturated carbocycles. The molecule has 0 aromatic rings. The van der Waals surface area contributed by atoms with Gasteiger partial charge < -0.3 is 0 Å². The van der Waals surface area contributed by atoms with Crippen LogP contribution in [0.2, 0.25) is 0 Å².